The maximum Gasteiger partial charge on any atom is 0.258 e. The summed E-state index contributed by atoms with van der Waals surface area (Å²) in [5.74, 6) is 1.75. The number of fused-ring (bicyclic) bond motifs is 1. The van der Waals surface area contributed by atoms with Crippen LogP contribution in [0.2, 0.25) is 0 Å². The minimum absolute atomic E-state index is 0.470. The average molecular weight is 359 g/mol. The first kappa shape index (κ1) is 15.8. The highest BCUT2D eigenvalue weighted by atomic mass is 16.5. The van der Waals surface area contributed by atoms with Gasteiger partial charge in [-0.1, -0.05) is 17.3 Å². The number of nitrogens with zero attached hydrogens (tertiary/aromatic N) is 5. The molecule has 134 valence electrons. The van der Waals surface area contributed by atoms with Gasteiger partial charge in [-0.05, 0) is 43.1 Å². The molecule has 1 aliphatic heterocycles. The molecule has 3 aromatic heterocycles. The Morgan fingerprint density at radius 2 is 2.07 bits per heavy atom. The Morgan fingerprint density at radius 3 is 2.96 bits per heavy atom. The molecule has 0 unspecified atom stereocenters. The van der Waals surface area contributed by atoms with E-state index in [4.69, 9.17) is 4.52 Å². The number of nitrogens with one attached hydrogen (secondary N) is 2. The second-order valence-corrected chi connectivity index (χ2v) is 6.49. The highest BCUT2D eigenvalue weighted by Crippen LogP contribution is 2.31. The van der Waals surface area contributed by atoms with E-state index < -0.39 is 0 Å². The van der Waals surface area contributed by atoms with Crippen molar-refractivity contribution in [1.29, 1.82) is 0 Å². The van der Waals surface area contributed by atoms with Crippen molar-refractivity contribution in [1.82, 2.24) is 35.6 Å². The number of aromatic amines is 1. The molecule has 0 saturated heterocycles. The maximum atomic E-state index is 5.57. The van der Waals surface area contributed by atoms with Crippen molar-refractivity contribution < 1.29 is 4.52 Å². The summed E-state index contributed by atoms with van der Waals surface area (Å²) in [6, 6.07) is 7.77. The van der Waals surface area contributed by atoms with Gasteiger partial charge in [0.25, 0.3) is 5.89 Å². The van der Waals surface area contributed by atoms with Crippen LogP contribution in [-0.2, 0) is 13.0 Å². The standard InChI is InChI=1S/C19H17N7O/c1-11-16(15-5-6-20-8-14(15)9-21-11)18-24-19(27-26-18)13-4-2-3-12(7-13)17-22-10-23-25-17/h2-4,7,9-10,20H,5-6,8H2,1H3,(H,22,23,25). The van der Waals surface area contributed by atoms with E-state index in [0.717, 1.165) is 41.9 Å². The minimum atomic E-state index is 0.470. The second-order valence-electron chi connectivity index (χ2n) is 6.49. The van der Waals surface area contributed by atoms with Gasteiger partial charge < -0.3 is 9.84 Å². The van der Waals surface area contributed by atoms with Crippen LogP contribution < -0.4 is 5.32 Å². The Labute approximate surface area is 155 Å². The van der Waals surface area contributed by atoms with Crippen LogP contribution in [0.25, 0.3) is 34.2 Å². The number of aromatic nitrogens is 6. The molecule has 0 fully saturated rings. The molecule has 4 aromatic rings. The fourth-order valence-electron chi connectivity index (χ4n) is 3.45. The Bertz CT molecular complexity index is 1100. The van der Waals surface area contributed by atoms with Gasteiger partial charge in [0.15, 0.2) is 5.82 Å². The van der Waals surface area contributed by atoms with E-state index >= 15 is 0 Å². The number of pyridine rings is 1. The number of benzene rings is 1. The van der Waals surface area contributed by atoms with Crippen LogP contribution in [0, 0.1) is 6.92 Å². The lowest BCUT2D eigenvalue weighted by atomic mass is 9.95. The number of aryl methyl sites for hydroxylation is 1. The molecule has 1 aromatic carbocycles. The Morgan fingerprint density at radius 1 is 1.15 bits per heavy atom. The third-order valence-electron chi connectivity index (χ3n) is 4.78. The molecule has 0 bridgehead atoms. The van der Waals surface area contributed by atoms with E-state index in [1.807, 2.05) is 37.4 Å². The lowest BCUT2D eigenvalue weighted by Crippen LogP contribution is -2.24. The summed E-state index contributed by atoms with van der Waals surface area (Å²) in [4.78, 5) is 13.4. The van der Waals surface area contributed by atoms with E-state index in [-0.39, 0.29) is 0 Å². The van der Waals surface area contributed by atoms with Gasteiger partial charge in [-0.25, -0.2) is 4.98 Å². The molecule has 0 spiro atoms. The predicted molar refractivity (Wildman–Crippen MR) is 98.5 cm³/mol. The molecular weight excluding hydrogens is 342 g/mol. The Balaban J connectivity index is 1.56. The monoisotopic (exact) mass is 359 g/mol. The first-order valence-electron chi connectivity index (χ1n) is 8.78. The zero-order chi connectivity index (χ0) is 18.2. The minimum Gasteiger partial charge on any atom is -0.334 e. The van der Waals surface area contributed by atoms with Crippen LogP contribution in [-0.4, -0.2) is 36.9 Å². The van der Waals surface area contributed by atoms with Crippen molar-refractivity contribution in [3.8, 4) is 34.2 Å². The normalized spacial score (nSPS) is 13.5. The summed E-state index contributed by atoms with van der Waals surface area (Å²) in [6.07, 6.45) is 4.34. The van der Waals surface area contributed by atoms with Gasteiger partial charge in [0.05, 0.1) is 0 Å². The molecule has 1 aliphatic rings. The van der Waals surface area contributed by atoms with Crippen molar-refractivity contribution in [2.75, 3.05) is 6.54 Å². The van der Waals surface area contributed by atoms with Crippen molar-refractivity contribution >= 4 is 0 Å². The third-order valence-corrected chi connectivity index (χ3v) is 4.78. The quantitative estimate of drug-likeness (QED) is 0.579. The van der Waals surface area contributed by atoms with Crippen LogP contribution in [0.3, 0.4) is 0 Å². The molecule has 2 N–H and O–H groups in total. The Hall–Kier alpha value is -3.39. The van der Waals surface area contributed by atoms with E-state index in [1.165, 1.54) is 17.5 Å². The zero-order valence-electron chi connectivity index (χ0n) is 14.7. The number of H-pyrrole nitrogens is 1. The van der Waals surface area contributed by atoms with Gasteiger partial charge in [-0.15, -0.1) is 0 Å². The molecular formula is C19H17N7O. The van der Waals surface area contributed by atoms with E-state index in [9.17, 15) is 0 Å². The molecule has 0 saturated carbocycles. The van der Waals surface area contributed by atoms with Crippen LogP contribution in [0.4, 0.5) is 0 Å². The first-order chi connectivity index (χ1) is 13.3. The SMILES string of the molecule is Cc1ncc2c(c1-c1noc(-c3cccc(-c4ncn[nH]4)c3)n1)CCNC2. The third kappa shape index (κ3) is 2.80. The lowest BCUT2D eigenvalue weighted by Gasteiger charge is -2.19. The zero-order valence-corrected chi connectivity index (χ0v) is 14.7. The summed E-state index contributed by atoms with van der Waals surface area (Å²) in [5.41, 5.74) is 6.09. The molecule has 0 aliphatic carbocycles. The predicted octanol–water partition coefficient (Wildman–Crippen LogP) is 2.54. The van der Waals surface area contributed by atoms with E-state index in [2.05, 4.69) is 35.6 Å². The molecule has 5 rings (SSSR count). The highest BCUT2D eigenvalue weighted by molar-refractivity contribution is 5.69. The van der Waals surface area contributed by atoms with Crippen molar-refractivity contribution in [3.05, 3.63) is 53.6 Å². The second kappa shape index (κ2) is 6.40. The largest absolute Gasteiger partial charge is 0.334 e. The fourth-order valence-corrected chi connectivity index (χ4v) is 3.45. The summed E-state index contributed by atoms with van der Waals surface area (Å²) >= 11 is 0. The molecule has 0 atom stereocenters. The number of rotatable bonds is 3. The molecule has 8 heteroatoms. The number of hydrogen-bond acceptors (Lipinski definition) is 7. The lowest BCUT2D eigenvalue weighted by molar-refractivity contribution is 0.432. The summed E-state index contributed by atoms with van der Waals surface area (Å²) < 4.78 is 5.57. The van der Waals surface area contributed by atoms with E-state index in [0.29, 0.717) is 17.5 Å². The summed E-state index contributed by atoms with van der Waals surface area (Å²) in [6.45, 7) is 3.74. The molecule has 27 heavy (non-hydrogen) atoms. The molecule has 0 amide bonds. The van der Waals surface area contributed by atoms with Crippen molar-refractivity contribution in [3.63, 3.8) is 0 Å². The molecule has 8 nitrogen and oxygen atoms in total. The summed E-state index contributed by atoms with van der Waals surface area (Å²) in [5, 5.41) is 14.4. The highest BCUT2D eigenvalue weighted by Gasteiger charge is 2.21. The van der Waals surface area contributed by atoms with Crippen LogP contribution in [0.1, 0.15) is 16.8 Å². The van der Waals surface area contributed by atoms with Crippen molar-refractivity contribution in [2.24, 2.45) is 0 Å². The van der Waals surface area contributed by atoms with Gasteiger partial charge in [-0.3, -0.25) is 10.1 Å². The first-order valence-corrected chi connectivity index (χ1v) is 8.78. The smallest absolute Gasteiger partial charge is 0.258 e. The maximum absolute atomic E-state index is 5.57. The van der Waals surface area contributed by atoms with Gasteiger partial charge in [0.1, 0.15) is 6.33 Å². The van der Waals surface area contributed by atoms with Gasteiger partial charge >= 0.3 is 0 Å². The number of hydrogen-bond donors (Lipinski definition) is 2. The van der Waals surface area contributed by atoms with E-state index in [1.54, 1.807) is 0 Å². The fraction of sp³-hybridized carbons (Fsp3) is 0.211. The molecule has 4 heterocycles. The van der Waals surface area contributed by atoms with Crippen LogP contribution in [0.5, 0.6) is 0 Å². The van der Waals surface area contributed by atoms with Crippen molar-refractivity contribution in [2.45, 2.75) is 19.9 Å². The van der Waals surface area contributed by atoms with Crippen LogP contribution in [0.15, 0.2) is 41.3 Å². The van der Waals surface area contributed by atoms with Crippen LogP contribution >= 0.6 is 0 Å². The average Bonchev–Trinajstić information content (AvgIpc) is 3.40. The summed E-state index contributed by atoms with van der Waals surface area (Å²) in [7, 11) is 0. The Kier molecular flexibility index (Phi) is 3.75. The van der Waals surface area contributed by atoms with Gasteiger partial charge in [0.2, 0.25) is 5.82 Å². The topological polar surface area (TPSA) is 105 Å². The van der Waals surface area contributed by atoms with Gasteiger partial charge in [0, 0.05) is 35.1 Å². The van der Waals surface area contributed by atoms with Gasteiger partial charge in [-0.2, -0.15) is 10.1 Å². The molecule has 0 radical (unpaired) electrons.